The summed E-state index contributed by atoms with van der Waals surface area (Å²) in [7, 11) is 0. The zero-order valence-electron chi connectivity index (χ0n) is 11.1. The summed E-state index contributed by atoms with van der Waals surface area (Å²) in [6.07, 6.45) is 9.70. The van der Waals surface area contributed by atoms with Gasteiger partial charge in [-0.15, -0.1) is 0 Å². The summed E-state index contributed by atoms with van der Waals surface area (Å²) in [5.41, 5.74) is 2.90. The average molecular weight is 245 g/mol. The van der Waals surface area contributed by atoms with Crippen LogP contribution in [0.25, 0.3) is 0 Å². The van der Waals surface area contributed by atoms with Crippen LogP contribution in [0.15, 0.2) is 0 Å². The molecule has 2 fully saturated rings. The lowest BCUT2D eigenvalue weighted by Crippen LogP contribution is -2.25. The van der Waals surface area contributed by atoms with Crippen molar-refractivity contribution in [3.8, 4) is 0 Å². The smallest absolute Gasteiger partial charge is 0.112 e. The second-order valence-electron chi connectivity index (χ2n) is 6.30. The van der Waals surface area contributed by atoms with Crippen LogP contribution >= 0.6 is 0 Å². The zero-order chi connectivity index (χ0) is 11.9. The molecule has 0 radical (unpaired) electrons. The lowest BCUT2D eigenvalue weighted by molar-refractivity contribution is 0.279. The first-order valence-corrected chi connectivity index (χ1v) is 7.70. The van der Waals surface area contributed by atoms with Crippen molar-refractivity contribution in [3.05, 3.63) is 17.2 Å². The van der Waals surface area contributed by atoms with Crippen LogP contribution in [-0.2, 0) is 19.5 Å². The predicted octanol–water partition coefficient (Wildman–Crippen LogP) is 2.60. The minimum Gasteiger partial charge on any atom is -0.331 e. The minimum absolute atomic E-state index is 0.789. The van der Waals surface area contributed by atoms with Crippen molar-refractivity contribution >= 4 is 0 Å². The van der Waals surface area contributed by atoms with Crippen LogP contribution in [-0.4, -0.2) is 16.1 Å². The molecule has 0 amide bonds. The van der Waals surface area contributed by atoms with E-state index in [-0.39, 0.29) is 0 Å². The highest BCUT2D eigenvalue weighted by Crippen LogP contribution is 2.41. The summed E-state index contributed by atoms with van der Waals surface area (Å²) in [5.74, 6) is 3.22. The molecule has 1 N–H and O–H groups in total. The molecule has 0 bridgehead atoms. The van der Waals surface area contributed by atoms with Gasteiger partial charge in [-0.05, 0) is 25.2 Å². The largest absolute Gasteiger partial charge is 0.331 e. The number of imidazole rings is 1. The third kappa shape index (κ3) is 1.89. The number of rotatable bonds is 4. The number of hydrogen-bond acceptors (Lipinski definition) is 2. The van der Waals surface area contributed by atoms with Gasteiger partial charge < -0.3 is 9.88 Å². The van der Waals surface area contributed by atoms with E-state index in [9.17, 15) is 0 Å². The van der Waals surface area contributed by atoms with Gasteiger partial charge in [0.05, 0.1) is 5.69 Å². The van der Waals surface area contributed by atoms with E-state index >= 15 is 0 Å². The van der Waals surface area contributed by atoms with Gasteiger partial charge in [0.2, 0.25) is 0 Å². The van der Waals surface area contributed by atoms with Crippen molar-refractivity contribution in [1.82, 2.24) is 14.9 Å². The molecule has 2 heterocycles. The van der Waals surface area contributed by atoms with Crippen LogP contribution in [0, 0.1) is 5.92 Å². The van der Waals surface area contributed by atoms with E-state index < -0.39 is 0 Å². The summed E-state index contributed by atoms with van der Waals surface area (Å²) in [4.78, 5) is 4.93. The molecule has 0 spiro atoms. The molecule has 0 aromatic carbocycles. The first kappa shape index (κ1) is 11.0. The molecule has 0 unspecified atom stereocenters. The molecular weight excluding hydrogens is 222 g/mol. The molecule has 2 aliphatic carbocycles. The lowest BCUT2D eigenvalue weighted by atomic mass is 9.83. The van der Waals surface area contributed by atoms with Gasteiger partial charge in [-0.3, -0.25) is 0 Å². The molecule has 98 valence electrons. The molecule has 0 saturated heterocycles. The van der Waals surface area contributed by atoms with E-state index in [1.54, 1.807) is 5.69 Å². The van der Waals surface area contributed by atoms with Crippen LogP contribution in [0.5, 0.6) is 0 Å². The molecular formula is C15H23N3. The number of fused-ring (bicyclic) bond motifs is 1. The monoisotopic (exact) mass is 245 g/mol. The Morgan fingerprint density at radius 2 is 2.11 bits per heavy atom. The Morgan fingerprint density at radius 3 is 2.83 bits per heavy atom. The van der Waals surface area contributed by atoms with Crippen molar-refractivity contribution < 1.29 is 0 Å². The fraction of sp³-hybridized carbons (Fsp3) is 0.800. The van der Waals surface area contributed by atoms with Gasteiger partial charge in [-0.1, -0.05) is 19.3 Å². The second-order valence-corrected chi connectivity index (χ2v) is 6.30. The van der Waals surface area contributed by atoms with E-state index in [1.807, 2.05) is 0 Å². The Balaban J connectivity index is 1.58. The highest BCUT2D eigenvalue weighted by molar-refractivity contribution is 5.24. The maximum Gasteiger partial charge on any atom is 0.112 e. The van der Waals surface area contributed by atoms with Crippen molar-refractivity contribution in [3.63, 3.8) is 0 Å². The maximum atomic E-state index is 4.93. The standard InChI is InChI=1S/C15H23N3/c1-2-11(3-1)7-9-18-14-6-8-16-10-13(14)17-15(18)12-4-5-12/h11-12,16H,1-10H2. The topological polar surface area (TPSA) is 29.9 Å². The SMILES string of the molecule is C1CC(CCn2c(C3CC3)nc3c2CCNC3)C1. The van der Waals surface area contributed by atoms with Gasteiger partial charge in [0, 0.05) is 37.7 Å². The molecule has 3 aliphatic rings. The van der Waals surface area contributed by atoms with Gasteiger partial charge in [0.1, 0.15) is 5.82 Å². The second kappa shape index (κ2) is 4.37. The van der Waals surface area contributed by atoms with Crippen molar-refractivity contribution in [1.29, 1.82) is 0 Å². The summed E-state index contributed by atoms with van der Waals surface area (Å²) < 4.78 is 2.60. The first-order chi connectivity index (χ1) is 8.92. The predicted molar refractivity (Wildman–Crippen MR) is 71.6 cm³/mol. The third-order valence-corrected chi connectivity index (χ3v) is 4.94. The quantitative estimate of drug-likeness (QED) is 0.883. The molecule has 3 heteroatoms. The molecule has 2 saturated carbocycles. The van der Waals surface area contributed by atoms with E-state index in [1.165, 1.54) is 63.0 Å². The molecule has 1 aromatic heterocycles. The lowest BCUT2D eigenvalue weighted by Gasteiger charge is -2.26. The van der Waals surface area contributed by atoms with E-state index in [0.29, 0.717) is 0 Å². The number of aromatic nitrogens is 2. The number of nitrogens with one attached hydrogen (secondary N) is 1. The summed E-state index contributed by atoms with van der Waals surface area (Å²) >= 11 is 0. The third-order valence-electron chi connectivity index (χ3n) is 4.94. The van der Waals surface area contributed by atoms with Gasteiger partial charge in [-0.25, -0.2) is 4.98 Å². The Labute approximate surface area is 109 Å². The normalized spacial score (nSPS) is 23.8. The van der Waals surface area contributed by atoms with E-state index in [2.05, 4.69) is 9.88 Å². The number of nitrogens with zero attached hydrogens (tertiary/aromatic N) is 2. The molecule has 3 nitrogen and oxygen atoms in total. The van der Waals surface area contributed by atoms with Crippen molar-refractivity contribution in [2.24, 2.45) is 5.92 Å². The van der Waals surface area contributed by atoms with Crippen molar-refractivity contribution in [2.45, 2.75) is 64.0 Å². The van der Waals surface area contributed by atoms with Crippen LogP contribution in [0.1, 0.15) is 61.7 Å². The zero-order valence-corrected chi connectivity index (χ0v) is 11.1. The summed E-state index contributed by atoms with van der Waals surface area (Å²) in [6, 6.07) is 0. The first-order valence-electron chi connectivity index (χ1n) is 7.70. The highest BCUT2D eigenvalue weighted by atomic mass is 15.1. The van der Waals surface area contributed by atoms with Gasteiger partial charge >= 0.3 is 0 Å². The Hall–Kier alpha value is -0.830. The van der Waals surface area contributed by atoms with Crippen LogP contribution in [0.4, 0.5) is 0 Å². The Kier molecular flexibility index (Phi) is 2.68. The summed E-state index contributed by atoms with van der Waals surface area (Å²) in [6.45, 7) is 3.36. The molecule has 1 aliphatic heterocycles. The van der Waals surface area contributed by atoms with Crippen molar-refractivity contribution in [2.75, 3.05) is 6.54 Å². The molecule has 1 aromatic rings. The average Bonchev–Trinajstić information content (AvgIpc) is 3.11. The van der Waals surface area contributed by atoms with Crippen LogP contribution < -0.4 is 5.32 Å². The van der Waals surface area contributed by atoms with E-state index in [0.717, 1.165) is 24.9 Å². The van der Waals surface area contributed by atoms with E-state index in [4.69, 9.17) is 4.98 Å². The molecule has 18 heavy (non-hydrogen) atoms. The molecule has 0 atom stereocenters. The molecule has 4 rings (SSSR count). The number of hydrogen-bond donors (Lipinski definition) is 1. The van der Waals surface area contributed by atoms with Crippen LogP contribution in [0.3, 0.4) is 0 Å². The minimum atomic E-state index is 0.789. The Morgan fingerprint density at radius 1 is 1.22 bits per heavy atom. The van der Waals surface area contributed by atoms with Gasteiger partial charge in [-0.2, -0.15) is 0 Å². The maximum absolute atomic E-state index is 4.93. The van der Waals surface area contributed by atoms with Gasteiger partial charge in [0.25, 0.3) is 0 Å². The fourth-order valence-corrected chi connectivity index (χ4v) is 3.39. The van der Waals surface area contributed by atoms with Crippen LogP contribution in [0.2, 0.25) is 0 Å². The fourth-order valence-electron chi connectivity index (χ4n) is 3.39. The Bertz CT molecular complexity index is 441. The summed E-state index contributed by atoms with van der Waals surface area (Å²) in [5, 5.41) is 3.45. The highest BCUT2D eigenvalue weighted by Gasteiger charge is 2.32. The van der Waals surface area contributed by atoms with Gasteiger partial charge in [0.15, 0.2) is 0 Å².